The lowest BCUT2D eigenvalue weighted by Gasteiger charge is -2.02. The molecule has 0 heterocycles. The van der Waals surface area contributed by atoms with Gasteiger partial charge in [0.1, 0.15) is 6.73 Å². The standard InChI is InChI=1S/C8H15NO4/c1-9-6-13-8(12)5-3-2-4-7(10)11/h9H,2-6H2,1H3,(H,10,11). The van der Waals surface area contributed by atoms with Crippen LogP contribution in [0.2, 0.25) is 0 Å². The van der Waals surface area contributed by atoms with E-state index in [9.17, 15) is 9.59 Å². The van der Waals surface area contributed by atoms with E-state index < -0.39 is 5.97 Å². The van der Waals surface area contributed by atoms with Gasteiger partial charge >= 0.3 is 11.9 Å². The van der Waals surface area contributed by atoms with Crippen LogP contribution in [0.5, 0.6) is 0 Å². The van der Waals surface area contributed by atoms with Crippen molar-refractivity contribution in [2.24, 2.45) is 0 Å². The summed E-state index contributed by atoms with van der Waals surface area (Å²) in [5.41, 5.74) is 0. The van der Waals surface area contributed by atoms with Gasteiger partial charge in [-0.2, -0.15) is 0 Å². The number of rotatable bonds is 7. The average Bonchev–Trinajstić information content (AvgIpc) is 2.08. The van der Waals surface area contributed by atoms with Crippen LogP contribution in [0.25, 0.3) is 0 Å². The SMILES string of the molecule is CNCOC(=O)CCCCC(=O)O. The molecule has 0 aromatic rings. The number of carbonyl (C=O) groups is 2. The predicted molar refractivity (Wildman–Crippen MR) is 46.1 cm³/mol. The molecule has 5 nitrogen and oxygen atoms in total. The van der Waals surface area contributed by atoms with E-state index in [1.807, 2.05) is 0 Å². The summed E-state index contributed by atoms with van der Waals surface area (Å²) < 4.78 is 4.70. The second-order valence-corrected chi connectivity index (χ2v) is 2.62. The summed E-state index contributed by atoms with van der Waals surface area (Å²) in [6, 6.07) is 0. The minimum Gasteiger partial charge on any atom is -0.481 e. The molecule has 0 aromatic carbocycles. The molecule has 0 saturated heterocycles. The van der Waals surface area contributed by atoms with E-state index in [0.29, 0.717) is 12.8 Å². The van der Waals surface area contributed by atoms with Gasteiger partial charge in [0, 0.05) is 12.8 Å². The molecular weight excluding hydrogens is 174 g/mol. The van der Waals surface area contributed by atoms with Crippen molar-refractivity contribution in [2.75, 3.05) is 13.8 Å². The Hall–Kier alpha value is -1.10. The van der Waals surface area contributed by atoms with Crippen LogP contribution in [-0.4, -0.2) is 30.8 Å². The molecule has 0 unspecified atom stereocenters. The van der Waals surface area contributed by atoms with Crippen LogP contribution in [0.4, 0.5) is 0 Å². The number of nitrogens with one attached hydrogen (secondary N) is 1. The highest BCUT2D eigenvalue weighted by Gasteiger charge is 2.02. The molecule has 0 aliphatic carbocycles. The molecule has 0 amide bonds. The zero-order chi connectivity index (χ0) is 10.1. The monoisotopic (exact) mass is 189 g/mol. The van der Waals surface area contributed by atoms with Gasteiger partial charge in [0.25, 0.3) is 0 Å². The van der Waals surface area contributed by atoms with E-state index in [1.54, 1.807) is 7.05 Å². The third-order valence-electron chi connectivity index (χ3n) is 1.40. The molecule has 13 heavy (non-hydrogen) atoms. The number of hydrogen-bond donors (Lipinski definition) is 2. The maximum absolute atomic E-state index is 10.8. The second kappa shape index (κ2) is 7.54. The van der Waals surface area contributed by atoms with Crippen LogP contribution in [0.3, 0.4) is 0 Å². The smallest absolute Gasteiger partial charge is 0.307 e. The predicted octanol–water partition coefficient (Wildman–Crippen LogP) is 0.351. The Labute approximate surface area is 77.1 Å². The van der Waals surface area contributed by atoms with Gasteiger partial charge in [0.15, 0.2) is 0 Å². The van der Waals surface area contributed by atoms with E-state index in [2.05, 4.69) is 5.32 Å². The van der Waals surface area contributed by atoms with Crippen molar-refractivity contribution in [3.05, 3.63) is 0 Å². The van der Waals surface area contributed by atoms with Crippen LogP contribution in [0.1, 0.15) is 25.7 Å². The molecule has 0 rings (SSSR count). The summed E-state index contributed by atoms with van der Waals surface area (Å²) in [5, 5.41) is 11.0. The lowest BCUT2D eigenvalue weighted by molar-refractivity contribution is -0.145. The van der Waals surface area contributed by atoms with Crippen molar-refractivity contribution < 1.29 is 19.4 Å². The number of esters is 1. The minimum atomic E-state index is -0.830. The lowest BCUT2D eigenvalue weighted by Crippen LogP contribution is -2.16. The average molecular weight is 189 g/mol. The molecule has 0 spiro atoms. The molecule has 2 N–H and O–H groups in total. The molecule has 5 heteroatoms. The van der Waals surface area contributed by atoms with Gasteiger partial charge < -0.3 is 9.84 Å². The van der Waals surface area contributed by atoms with Crippen LogP contribution < -0.4 is 5.32 Å². The van der Waals surface area contributed by atoms with Gasteiger partial charge in [-0.25, -0.2) is 0 Å². The molecule has 0 saturated carbocycles. The summed E-state index contributed by atoms with van der Waals surface area (Å²) in [6.07, 6.45) is 1.48. The zero-order valence-electron chi connectivity index (χ0n) is 7.71. The highest BCUT2D eigenvalue weighted by Crippen LogP contribution is 2.00. The molecule has 0 fully saturated rings. The van der Waals surface area contributed by atoms with Crippen molar-refractivity contribution >= 4 is 11.9 Å². The normalized spacial score (nSPS) is 9.62. The molecule has 0 atom stereocenters. The van der Waals surface area contributed by atoms with Gasteiger partial charge in [-0.05, 0) is 19.9 Å². The first-order chi connectivity index (χ1) is 6.16. The maximum Gasteiger partial charge on any atom is 0.307 e. The van der Waals surface area contributed by atoms with Crippen LogP contribution in [0, 0.1) is 0 Å². The molecule has 0 aliphatic heterocycles. The fourth-order valence-electron chi connectivity index (χ4n) is 0.770. The van der Waals surface area contributed by atoms with Crippen molar-refractivity contribution in [3.63, 3.8) is 0 Å². The first-order valence-electron chi connectivity index (χ1n) is 4.19. The third kappa shape index (κ3) is 8.81. The first kappa shape index (κ1) is 11.9. The Morgan fingerprint density at radius 2 is 1.92 bits per heavy atom. The number of carbonyl (C=O) groups excluding carboxylic acids is 1. The largest absolute Gasteiger partial charge is 0.481 e. The Morgan fingerprint density at radius 1 is 1.31 bits per heavy atom. The van der Waals surface area contributed by atoms with Gasteiger partial charge in [-0.15, -0.1) is 0 Å². The summed E-state index contributed by atoms with van der Waals surface area (Å²) in [4.78, 5) is 20.9. The van der Waals surface area contributed by atoms with Crippen LogP contribution in [0.15, 0.2) is 0 Å². The fraction of sp³-hybridized carbons (Fsp3) is 0.750. The number of unbranched alkanes of at least 4 members (excludes halogenated alkanes) is 1. The Morgan fingerprint density at radius 3 is 2.46 bits per heavy atom. The van der Waals surface area contributed by atoms with Crippen molar-refractivity contribution in [2.45, 2.75) is 25.7 Å². The van der Waals surface area contributed by atoms with Crippen LogP contribution in [-0.2, 0) is 14.3 Å². The topological polar surface area (TPSA) is 75.6 Å². The Kier molecular flexibility index (Phi) is 6.91. The highest BCUT2D eigenvalue weighted by atomic mass is 16.5. The summed E-state index contributed by atoms with van der Waals surface area (Å²) in [7, 11) is 1.68. The number of hydrogen-bond acceptors (Lipinski definition) is 4. The number of ether oxygens (including phenoxy) is 1. The summed E-state index contributed by atoms with van der Waals surface area (Å²) in [5.74, 6) is -1.12. The highest BCUT2D eigenvalue weighted by molar-refractivity contribution is 5.69. The molecule has 0 aromatic heterocycles. The first-order valence-corrected chi connectivity index (χ1v) is 4.19. The van der Waals surface area contributed by atoms with E-state index in [1.165, 1.54) is 0 Å². The Balaban J connectivity index is 3.22. The number of carboxylic acids is 1. The maximum atomic E-state index is 10.8. The molecule has 0 bridgehead atoms. The zero-order valence-corrected chi connectivity index (χ0v) is 7.71. The van der Waals surface area contributed by atoms with E-state index in [0.717, 1.165) is 0 Å². The van der Waals surface area contributed by atoms with E-state index in [4.69, 9.17) is 9.84 Å². The van der Waals surface area contributed by atoms with Crippen molar-refractivity contribution in [1.82, 2.24) is 5.32 Å². The molecular formula is C8H15NO4. The minimum absolute atomic E-state index is 0.110. The number of aliphatic carboxylic acids is 1. The van der Waals surface area contributed by atoms with Crippen molar-refractivity contribution in [1.29, 1.82) is 0 Å². The van der Waals surface area contributed by atoms with Crippen LogP contribution >= 0.6 is 0 Å². The van der Waals surface area contributed by atoms with Gasteiger partial charge in [-0.3, -0.25) is 14.9 Å². The van der Waals surface area contributed by atoms with Gasteiger partial charge in [0.2, 0.25) is 0 Å². The molecule has 0 radical (unpaired) electrons. The van der Waals surface area contributed by atoms with Gasteiger partial charge in [0.05, 0.1) is 0 Å². The summed E-state index contributed by atoms with van der Waals surface area (Å²) in [6.45, 7) is 0.206. The summed E-state index contributed by atoms with van der Waals surface area (Å²) >= 11 is 0. The van der Waals surface area contributed by atoms with E-state index in [-0.39, 0.29) is 25.5 Å². The fourth-order valence-corrected chi connectivity index (χ4v) is 0.770. The Bertz CT molecular complexity index is 170. The van der Waals surface area contributed by atoms with Gasteiger partial charge in [-0.1, -0.05) is 0 Å². The molecule has 76 valence electrons. The molecule has 0 aliphatic rings. The quantitative estimate of drug-likeness (QED) is 0.343. The van der Waals surface area contributed by atoms with Crippen molar-refractivity contribution in [3.8, 4) is 0 Å². The third-order valence-corrected chi connectivity index (χ3v) is 1.40. The lowest BCUT2D eigenvalue weighted by atomic mass is 10.2. The second-order valence-electron chi connectivity index (χ2n) is 2.62. The number of carboxylic acid groups (broad SMARTS) is 1. The van der Waals surface area contributed by atoms with E-state index >= 15 is 0 Å².